The Balaban J connectivity index is 0.000000406. The molecular weight excluding hydrogens is 445 g/mol. The summed E-state index contributed by atoms with van der Waals surface area (Å²) in [5, 5.41) is 7.12. The second-order valence-electron chi connectivity index (χ2n) is 8.34. The van der Waals surface area contributed by atoms with Crippen molar-refractivity contribution >= 4 is 11.8 Å². The summed E-state index contributed by atoms with van der Waals surface area (Å²) < 4.78 is 33.9. The van der Waals surface area contributed by atoms with Crippen LogP contribution in [0.4, 0.5) is 13.2 Å². The number of piperidine rings is 1. The fraction of sp³-hybridized carbons (Fsp3) is 0.308. The summed E-state index contributed by atoms with van der Waals surface area (Å²) in [6, 6.07) is 23.1. The first-order chi connectivity index (χ1) is 16.1. The Morgan fingerprint density at radius 2 is 1.44 bits per heavy atom. The van der Waals surface area contributed by atoms with E-state index in [2.05, 4.69) is 58.3 Å². The number of carbonyl (C=O) groups excluding carboxylic acids is 1. The largest absolute Gasteiger partial charge is 0.490 e. The minimum absolute atomic E-state index is 0.296. The molecule has 1 saturated heterocycles. The number of Topliss-reactive ketones (excluding diaryl/α,β-unsaturated/α-hetero) is 1. The summed E-state index contributed by atoms with van der Waals surface area (Å²) in [5.74, 6) is -2.46. The number of alkyl halides is 3. The highest BCUT2D eigenvalue weighted by Gasteiger charge is 2.40. The van der Waals surface area contributed by atoms with Crippen molar-refractivity contribution in [2.45, 2.75) is 37.9 Å². The van der Waals surface area contributed by atoms with E-state index in [-0.39, 0.29) is 5.41 Å². The van der Waals surface area contributed by atoms with Gasteiger partial charge < -0.3 is 9.67 Å². The Kier molecular flexibility index (Phi) is 7.94. The highest BCUT2D eigenvalue weighted by Crippen LogP contribution is 2.36. The number of ketones is 1. The first-order valence-electron chi connectivity index (χ1n) is 10.9. The van der Waals surface area contributed by atoms with Gasteiger partial charge in [0.2, 0.25) is 0 Å². The maximum atomic E-state index is 12.5. The van der Waals surface area contributed by atoms with Crippen molar-refractivity contribution in [1.29, 1.82) is 0 Å². The van der Waals surface area contributed by atoms with Crippen molar-refractivity contribution in [3.05, 3.63) is 90.3 Å². The Labute approximate surface area is 196 Å². The number of aromatic nitrogens is 1. The van der Waals surface area contributed by atoms with Gasteiger partial charge in [-0.2, -0.15) is 13.2 Å². The van der Waals surface area contributed by atoms with E-state index in [1.807, 2.05) is 30.3 Å². The number of likely N-dealkylation sites (tertiary alicyclic amines) is 1. The van der Waals surface area contributed by atoms with Crippen molar-refractivity contribution in [3.8, 4) is 5.69 Å². The van der Waals surface area contributed by atoms with Gasteiger partial charge in [-0.15, -0.1) is 0 Å². The van der Waals surface area contributed by atoms with Crippen molar-refractivity contribution in [2.24, 2.45) is 0 Å². The lowest BCUT2D eigenvalue weighted by Crippen LogP contribution is -2.46. The lowest BCUT2D eigenvalue weighted by atomic mass is 9.70. The zero-order chi connectivity index (χ0) is 24.8. The fourth-order valence-electron chi connectivity index (χ4n) is 4.23. The molecule has 1 aliphatic rings. The van der Waals surface area contributed by atoms with Crippen LogP contribution in [0, 0.1) is 0 Å². The van der Waals surface area contributed by atoms with Crippen LogP contribution in [0.5, 0.6) is 0 Å². The minimum atomic E-state index is -5.08. The number of rotatable bonds is 5. The zero-order valence-electron chi connectivity index (χ0n) is 18.8. The van der Waals surface area contributed by atoms with Gasteiger partial charge in [0.05, 0.1) is 5.41 Å². The van der Waals surface area contributed by atoms with Gasteiger partial charge in [-0.3, -0.25) is 9.69 Å². The van der Waals surface area contributed by atoms with Crippen LogP contribution in [0.25, 0.3) is 5.69 Å². The van der Waals surface area contributed by atoms with E-state index in [0.29, 0.717) is 5.78 Å². The van der Waals surface area contributed by atoms with Crippen LogP contribution < -0.4 is 0 Å². The number of carbonyl (C=O) groups is 2. The lowest BCUT2D eigenvalue weighted by molar-refractivity contribution is -0.192. The molecule has 180 valence electrons. The molecule has 34 heavy (non-hydrogen) atoms. The van der Waals surface area contributed by atoms with Gasteiger partial charge in [-0.1, -0.05) is 42.5 Å². The average molecular weight is 473 g/mol. The van der Waals surface area contributed by atoms with Crippen molar-refractivity contribution in [1.82, 2.24) is 9.47 Å². The number of hydrogen-bond donors (Lipinski definition) is 1. The molecule has 1 aromatic heterocycles. The molecule has 1 aliphatic heterocycles. The number of nitrogens with zero attached hydrogens (tertiary/aromatic N) is 2. The monoisotopic (exact) mass is 472 g/mol. The molecule has 0 bridgehead atoms. The highest BCUT2D eigenvalue weighted by molar-refractivity contribution is 5.88. The van der Waals surface area contributed by atoms with E-state index in [1.54, 1.807) is 6.92 Å². The third-order valence-electron chi connectivity index (χ3n) is 6.20. The predicted octanol–water partition coefficient (Wildman–Crippen LogP) is 5.23. The first-order valence-corrected chi connectivity index (χ1v) is 10.9. The van der Waals surface area contributed by atoms with Gasteiger partial charge in [0.15, 0.2) is 0 Å². The second-order valence-corrected chi connectivity index (χ2v) is 8.34. The lowest BCUT2D eigenvalue weighted by Gasteiger charge is -2.40. The summed E-state index contributed by atoms with van der Waals surface area (Å²) in [4.78, 5) is 23.9. The van der Waals surface area contributed by atoms with E-state index in [1.165, 1.54) is 16.8 Å². The molecule has 0 atom stereocenters. The van der Waals surface area contributed by atoms with Gasteiger partial charge in [-0.05, 0) is 68.2 Å². The normalized spacial score (nSPS) is 15.8. The molecule has 0 amide bonds. The second kappa shape index (κ2) is 10.7. The van der Waals surface area contributed by atoms with Gasteiger partial charge in [0.1, 0.15) is 5.78 Å². The molecule has 0 radical (unpaired) electrons. The molecule has 0 aliphatic carbocycles. The number of carboxylic acids is 1. The van der Waals surface area contributed by atoms with Crippen LogP contribution in [-0.2, 0) is 21.5 Å². The van der Waals surface area contributed by atoms with Crippen LogP contribution in [0.1, 0.15) is 30.9 Å². The van der Waals surface area contributed by atoms with Crippen molar-refractivity contribution < 1.29 is 27.9 Å². The predicted molar refractivity (Wildman–Crippen MR) is 123 cm³/mol. The number of hydrogen-bond acceptors (Lipinski definition) is 3. The molecular formula is C26H27F3N2O3. The van der Waals surface area contributed by atoms with Gasteiger partial charge >= 0.3 is 12.1 Å². The Bertz CT molecular complexity index is 1070. The zero-order valence-corrected chi connectivity index (χ0v) is 18.8. The molecule has 5 nitrogen and oxygen atoms in total. The molecule has 2 heterocycles. The van der Waals surface area contributed by atoms with Crippen LogP contribution in [0.3, 0.4) is 0 Å². The third-order valence-corrected chi connectivity index (χ3v) is 6.20. The molecule has 4 rings (SSSR count). The molecule has 0 spiro atoms. The Morgan fingerprint density at radius 1 is 0.912 bits per heavy atom. The Hall–Kier alpha value is -3.39. The standard InChI is InChI=1S/C24H26N2O.C2HF3O2/c1-20(27)24(22-7-3-2-4-8-22)13-17-25(18-14-24)19-21-9-11-23(12-10-21)26-15-5-6-16-26;3-2(4,5)1(6)7/h2-12,15-16H,13-14,17-19H2,1H3;(H,6,7). The van der Waals surface area contributed by atoms with E-state index >= 15 is 0 Å². The van der Waals surface area contributed by atoms with Crippen LogP contribution in [-0.4, -0.2) is 45.6 Å². The summed E-state index contributed by atoms with van der Waals surface area (Å²) in [6.07, 6.45) is 0.830. The topological polar surface area (TPSA) is 62.5 Å². The van der Waals surface area contributed by atoms with E-state index in [4.69, 9.17) is 9.90 Å². The van der Waals surface area contributed by atoms with Crippen molar-refractivity contribution in [3.63, 3.8) is 0 Å². The summed E-state index contributed by atoms with van der Waals surface area (Å²) in [5.41, 5.74) is 3.37. The number of aliphatic carboxylic acids is 1. The van der Waals surface area contributed by atoms with E-state index < -0.39 is 12.1 Å². The molecule has 0 unspecified atom stereocenters. The Morgan fingerprint density at radius 3 is 1.91 bits per heavy atom. The van der Waals surface area contributed by atoms with E-state index in [9.17, 15) is 18.0 Å². The molecule has 0 saturated carbocycles. The summed E-state index contributed by atoms with van der Waals surface area (Å²) in [6.45, 7) is 4.60. The quantitative estimate of drug-likeness (QED) is 0.552. The number of carboxylic acid groups (broad SMARTS) is 1. The number of halogens is 3. The first kappa shape index (κ1) is 25.2. The van der Waals surface area contributed by atoms with Gasteiger partial charge in [0, 0.05) is 24.6 Å². The van der Waals surface area contributed by atoms with Crippen LogP contribution in [0.2, 0.25) is 0 Å². The highest BCUT2D eigenvalue weighted by atomic mass is 19.4. The van der Waals surface area contributed by atoms with Gasteiger partial charge in [-0.25, -0.2) is 4.79 Å². The minimum Gasteiger partial charge on any atom is -0.475 e. The van der Waals surface area contributed by atoms with Crippen LogP contribution in [0.15, 0.2) is 79.1 Å². The molecule has 1 N–H and O–H groups in total. The van der Waals surface area contributed by atoms with Crippen molar-refractivity contribution in [2.75, 3.05) is 13.1 Å². The summed E-state index contributed by atoms with van der Waals surface area (Å²) in [7, 11) is 0. The van der Waals surface area contributed by atoms with Gasteiger partial charge in [0.25, 0.3) is 0 Å². The molecule has 8 heteroatoms. The average Bonchev–Trinajstić information content (AvgIpc) is 3.35. The summed E-state index contributed by atoms with van der Waals surface area (Å²) >= 11 is 0. The third kappa shape index (κ3) is 6.14. The SMILES string of the molecule is CC(=O)C1(c2ccccc2)CCN(Cc2ccc(-n3cccc3)cc2)CC1.O=C(O)C(F)(F)F. The maximum Gasteiger partial charge on any atom is 0.490 e. The van der Waals surface area contributed by atoms with E-state index in [0.717, 1.165) is 32.5 Å². The smallest absolute Gasteiger partial charge is 0.475 e. The fourth-order valence-corrected chi connectivity index (χ4v) is 4.23. The van der Waals surface area contributed by atoms with Crippen LogP contribution >= 0.6 is 0 Å². The number of benzene rings is 2. The molecule has 1 fully saturated rings. The molecule has 2 aromatic carbocycles. The molecule has 3 aromatic rings. The maximum absolute atomic E-state index is 12.5.